The predicted molar refractivity (Wildman–Crippen MR) is 188 cm³/mol. The van der Waals surface area contributed by atoms with Crippen molar-refractivity contribution in [3.63, 3.8) is 0 Å². The second-order valence-corrected chi connectivity index (χ2v) is 13.8. The molecule has 2 aliphatic rings. The van der Waals surface area contributed by atoms with E-state index in [0.717, 1.165) is 35.2 Å². The Kier molecular flexibility index (Phi) is 8.48. The molecule has 13 heteroatoms. The van der Waals surface area contributed by atoms with Crippen LogP contribution in [0.15, 0.2) is 52.9 Å². The SMILES string of the molecule is Cc1c(-c2nc3cc(CN4CC[C@@H](O)C4)cc(C#N)c3o2)cccc1-c1cccc(NC(=O)c2nc3c(n2C)CC(C)(C(=O)O)N(C)C3)c1Cl. The number of hydrogen-bond donors (Lipinski definition) is 3. The Morgan fingerprint density at radius 3 is 2.60 bits per heavy atom. The van der Waals surface area contributed by atoms with E-state index in [1.165, 1.54) is 0 Å². The summed E-state index contributed by atoms with van der Waals surface area (Å²) in [5, 5.41) is 33.0. The maximum atomic E-state index is 13.6. The van der Waals surface area contributed by atoms with Crippen LogP contribution in [0.1, 0.15) is 52.0 Å². The summed E-state index contributed by atoms with van der Waals surface area (Å²) in [6.07, 6.45) is 0.608. The fourth-order valence-electron chi connectivity index (χ4n) is 7.01. The zero-order valence-corrected chi connectivity index (χ0v) is 28.9. The van der Waals surface area contributed by atoms with Gasteiger partial charge in [-0.25, -0.2) is 9.97 Å². The number of amides is 1. The van der Waals surface area contributed by atoms with Crippen LogP contribution in [0.4, 0.5) is 5.69 Å². The first-order valence-electron chi connectivity index (χ1n) is 16.3. The fraction of sp³-hybridized carbons (Fsp3) is 0.324. The molecule has 7 rings (SSSR count). The fourth-order valence-corrected chi connectivity index (χ4v) is 7.28. The number of nitrogens with zero attached hydrogens (tertiary/aromatic N) is 6. The van der Waals surface area contributed by atoms with Gasteiger partial charge in [0.2, 0.25) is 5.89 Å². The van der Waals surface area contributed by atoms with Gasteiger partial charge in [-0.05, 0) is 68.3 Å². The molecule has 50 heavy (non-hydrogen) atoms. The minimum absolute atomic E-state index is 0.159. The van der Waals surface area contributed by atoms with Crippen LogP contribution in [0.5, 0.6) is 0 Å². The molecule has 0 bridgehead atoms. The maximum Gasteiger partial charge on any atom is 0.324 e. The van der Waals surface area contributed by atoms with Crippen LogP contribution in [-0.2, 0) is 31.4 Å². The number of imidazole rings is 1. The Hall–Kier alpha value is -5.06. The molecule has 3 aromatic carbocycles. The molecule has 1 fully saturated rings. The highest BCUT2D eigenvalue weighted by molar-refractivity contribution is 6.36. The molecule has 256 valence electrons. The number of likely N-dealkylation sites (tertiary alicyclic amines) is 1. The molecule has 2 atom stereocenters. The third-order valence-corrected chi connectivity index (χ3v) is 10.5. The number of nitrogens with one attached hydrogen (secondary N) is 1. The number of likely N-dealkylation sites (N-methyl/N-ethyl adjacent to an activating group) is 1. The van der Waals surface area contributed by atoms with Crippen molar-refractivity contribution in [2.75, 3.05) is 25.5 Å². The second-order valence-electron chi connectivity index (χ2n) is 13.4. The summed E-state index contributed by atoms with van der Waals surface area (Å²) in [6, 6.07) is 17.1. The van der Waals surface area contributed by atoms with Crippen LogP contribution in [0, 0.1) is 18.3 Å². The van der Waals surface area contributed by atoms with Crippen LogP contribution in [-0.4, -0.2) is 78.2 Å². The van der Waals surface area contributed by atoms with Crippen LogP contribution in [0.25, 0.3) is 33.7 Å². The number of aliphatic hydroxyl groups is 1. The van der Waals surface area contributed by atoms with Gasteiger partial charge in [-0.2, -0.15) is 5.26 Å². The lowest BCUT2D eigenvalue weighted by molar-refractivity contribution is -0.150. The monoisotopic (exact) mass is 693 g/mol. The molecular weight excluding hydrogens is 658 g/mol. The third-order valence-electron chi connectivity index (χ3n) is 10.1. The summed E-state index contributed by atoms with van der Waals surface area (Å²) in [7, 11) is 3.45. The zero-order valence-electron chi connectivity index (χ0n) is 28.1. The van der Waals surface area contributed by atoms with E-state index in [4.69, 9.17) is 21.0 Å². The molecule has 1 unspecified atom stereocenters. The molecule has 1 amide bonds. The van der Waals surface area contributed by atoms with E-state index in [1.807, 2.05) is 43.3 Å². The van der Waals surface area contributed by atoms with Crippen molar-refractivity contribution in [2.45, 2.75) is 51.4 Å². The van der Waals surface area contributed by atoms with Gasteiger partial charge in [-0.3, -0.25) is 19.4 Å². The average Bonchev–Trinajstić information content (AvgIpc) is 3.79. The number of carboxylic acid groups (broad SMARTS) is 1. The molecule has 0 saturated carbocycles. The molecule has 2 aliphatic heterocycles. The predicted octanol–water partition coefficient (Wildman–Crippen LogP) is 5.38. The van der Waals surface area contributed by atoms with Gasteiger partial charge in [0, 0.05) is 56.5 Å². The number of rotatable bonds is 7. The molecule has 0 aliphatic carbocycles. The van der Waals surface area contributed by atoms with E-state index in [2.05, 4.69) is 21.3 Å². The number of halogens is 1. The topological polar surface area (TPSA) is 161 Å². The van der Waals surface area contributed by atoms with Gasteiger partial charge >= 0.3 is 5.97 Å². The molecular formula is C37H36ClN7O5. The van der Waals surface area contributed by atoms with E-state index in [9.17, 15) is 25.1 Å². The molecule has 0 radical (unpaired) electrons. The summed E-state index contributed by atoms with van der Waals surface area (Å²) in [5.74, 6) is -0.876. The van der Waals surface area contributed by atoms with Crippen molar-refractivity contribution in [2.24, 2.45) is 7.05 Å². The Morgan fingerprint density at radius 1 is 1.14 bits per heavy atom. The first-order chi connectivity index (χ1) is 23.9. The molecule has 2 aromatic heterocycles. The number of aromatic nitrogens is 3. The number of carbonyl (C=O) groups excluding carboxylic acids is 1. The maximum absolute atomic E-state index is 13.6. The molecule has 4 heterocycles. The first-order valence-corrected chi connectivity index (χ1v) is 16.7. The minimum atomic E-state index is -1.12. The summed E-state index contributed by atoms with van der Waals surface area (Å²) < 4.78 is 7.86. The zero-order chi connectivity index (χ0) is 35.5. The Morgan fingerprint density at radius 2 is 1.88 bits per heavy atom. The number of hydrogen-bond acceptors (Lipinski definition) is 9. The number of benzene rings is 3. The van der Waals surface area contributed by atoms with Crippen molar-refractivity contribution in [1.82, 2.24) is 24.3 Å². The van der Waals surface area contributed by atoms with Crippen molar-refractivity contribution in [1.29, 1.82) is 5.26 Å². The van der Waals surface area contributed by atoms with E-state index >= 15 is 0 Å². The molecule has 0 spiro atoms. The first kappa shape index (κ1) is 33.4. The van der Waals surface area contributed by atoms with E-state index < -0.39 is 17.4 Å². The largest absolute Gasteiger partial charge is 0.480 e. The Labute approximate surface area is 293 Å². The van der Waals surface area contributed by atoms with Gasteiger partial charge in [-0.1, -0.05) is 35.9 Å². The van der Waals surface area contributed by atoms with Crippen LogP contribution in [0.2, 0.25) is 5.02 Å². The highest BCUT2D eigenvalue weighted by Crippen LogP contribution is 2.39. The standard InChI is InChI=1S/C37H36ClN7O5/c1-20-24(7-5-8-25(20)35-42-28-14-21(13-22(16-39)32(28)50-35)17-45-12-11-23(46)18-45)26-9-6-10-27(31(26)38)41-34(47)33-40-29-19-43(3)37(2,36(48)49)15-30(29)44(33)4/h5-10,13-14,23,46H,11-12,15,17-19H2,1-4H3,(H,41,47)(H,48,49)/t23-,37?/m1/s1. The van der Waals surface area contributed by atoms with Gasteiger partial charge in [0.25, 0.3) is 5.91 Å². The number of β-amino-alcohol motifs (C(OH)–C–C–N with tert-alkyl or cyclic N) is 1. The number of carboxylic acids is 1. The summed E-state index contributed by atoms with van der Waals surface area (Å²) in [4.78, 5) is 38.9. The average molecular weight is 694 g/mol. The van der Waals surface area contributed by atoms with Crippen molar-refractivity contribution in [3.8, 4) is 28.7 Å². The van der Waals surface area contributed by atoms with Crippen molar-refractivity contribution < 1.29 is 24.2 Å². The summed E-state index contributed by atoms with van der Waals surface area (Å²) in [6.45, 7) is 5.90. The number of anilines is 1. The molecule has 1 saturated heterocycles. The number of aliphatic carboxylic acids is 1. The molecule has 5 aromatic rings. The van der Waals surface area contributed by atoms with E-state index in [1.54, 1.807) is 42.6 Å². The minimum Gasteiger partial charge on any atom is -0.480 e. The smallest absolute Gasteiger partial charge is 0.324 e. The number of carbonyl (C=O) groups is 2. The Bertz CT molecular complexity index is 2240. The molecule has 12 nitrogen and oxygen atoms in total. The van der Waals surface area contributed by atoms with Gasteiger partial charge in [-0.15, -0.1) is 0 Å². The number of nitriles is 1. The lowest BCUT2D eigenvalue weighted by Gasteiger charge is -2.38. The van der Waals surface area contributed by atoms with Gasteiger partial charge in [0.05, 0.1) is 28.1 Å². The Balaban J connectivity index is 1.17. The van der Waals surface area contributed by atoms with E-state index in [0.29, 0.717) is 69.8 Å². The highest BCUT2D eigenvalue weighted by atomic mass is 35.5. The van der Waals surface area contributed by atoms with Gasteiger partial charge < -0.3 is 24.5 Å². The number of oxazole rings is 1. The highest BCUT2D eigenvalue weighted by Gasteiger charge is 2.44. The molecule has 3 N–H and O–H groups in total. The van der Waals surface area contributed by atoms with Crippen molar-refractivity contribution in [3.05, 3.63) is 87.5 Å². The second kappa shape index (κ2) is 12.7. The van der Waals surface area contributed by atoms with Gasteiger partial charge in [0.15, 0.2) is 11.4 Å². The van der Waals surface area contributed by atoms with E-state index in [-0.39, 0.29) is 18.3 Å². The lowest BCUT2D eigenvalue weighted by Crippen LogP contribution is -2.54. The van der Waals surface area contributed by atoms with Crippen LogP contribution in [0.3, 0.4) is 0 Å². The van der Waals surface area contributed by atoms with Crippen LogP contribution >= 0.6 is 11.6 Å². The third kappa shape index (κ3) is 5.72. The van der Waals surface area contributed by atoms with Crippen molar-refractivity contribution >= 4 is 40.3 Å². The normalized spacial score (nSPS) is 19.4. The lowest BCUT2D eigenvalue weighted by atomic mass is 9.89. The summed E-state index contributed by atoms with van der Waals surface area (Å²) >= 11 is 6.97. The summed E-state index contributed by atoms with van der Waals surface area (Å²) in [5.41, 5.74) is 6.03. The number of fused-ring (bicyclic) bond motifs is 2. The van der Waals surface area contributed by atoms with Gasteiger partial charge in [0.1, 0.15) is 17.1 Å². The number of aliphatic hydroxyl groups excluding tert-OH is 1. The quantitative estimate of drug-likeness (QED) is 0.202. The van der Waals surface area contributed by atoms with Crippen LogP contribution < -0.4 is 5.32 Å².